The van der Waals surface area contributed by atoms with E-state index in [4.69, 9.17) is 21.0 Å². The number of aliphatic carboxylic acids is 1. The molecular formula is C35H31ClN4O5. The molecule has 3 aromatic carbocycles. The number of aldehydes is 1. The number of carbonyl (C=O) groups excluding carboxylic acids is 2. The number of aromatic nitrogens is 2. The number of oxazole rings is 1. The number of benzene rings is 3. The van der Waals surface area contributed by atoms with E-state index in [9.17, 15) is 19.5 Å². The van der Waals surface area contributed by atoms with E-state index in [1.165, 1.54) is 18.3 Å². The van der Waals surface area contributed by atoms with Crippen LogP contribution < -0.4 is 5.32 Å². The lowest BCUT2D eigenvalue weighted by Crippen LogP contribution is -2.44. The molecule has 5 aromatic rings. The summed E-state index contributed by atoms with van der Waals surface area (Å²) in [4.78, 5) is 46.5. The van der Waals surface area contributed by atoms with Gasteiger partial charge < -0.3 is 14.8 Å². The Morgan fingerprint density at radius 2 is 1.84 bits per heavy atom. The van der Waals surface area contributed by atoms with E-state index in [-0.39, 0.29) is 5.69 Å². The number of pyridine rings is 1. The largest absolute Gasteiger partial charge is 0.480 e. The summed E-state index contributed by atoms with van der Waals surface area (Å²) in [5, 5.41) is 12.9. The molecule has 1 fully saturated rings. The number of halogens is 1. The van der Waals surface area contributed by atoms with Gasteiger partial charge in [0, 0.05) is 29.4 Å². The van der Waals surface area contributed by atoms with Gasteiger partial charge >= 0.3 is 5.97 Å². The topological polar surface area (TPSA) is 126 Å². The third-order valence-electron chi connectivity index (χ3n) is 8.28. The highest BCUT2D eigenvalue weighted by Crippen LogP contribution is 2.39. The molecule has 1 saturated heterocycles. The number of hydrogen-bond donors (Lipinski definition) is 2. The van der Waals surface area contributed by atoms with Crippen LogP contribution in [0, 0.1) is 13.8 Å². The zero-order chi connectivity index (χ0) is 31.7. The summed E-state index contributed by atoms with van der Waals surface area (Å²) in [6.45, 7) is 5.24. The van der Waals surface area contributed by atoms with Crippen LogP contribution in [0.5, 0.6) is 0 Å². The van der Waals surface area contributed by atoms with Crippen molar-refractivity contribution in [3.8, 4) is 22.6 Å². The van der Waals surface area contributed by atoms with Crippen molar-refractivity contribution in [1.29, 1.82) is 0 Å². The highest BCUT2D eigenvalue weighted by molar-refractivity contribution is 6.36. The minimum absolute atomic E-state index is 0.160. The third-order valence-corrected chi connectivity index (χ3v) is 8.68. The molecule has 0 aliphatic carbocycles. The molecular weight excluding hydrogens is 592 g/mol. The summed E-state index contributed by atoms with van der Waals surface area (Å²) < 4.78 is 6.30. The van der Waals surface area contributed by atoms with Crippen LogP contribution in [0.15, 0.2) is 71.3 Å². The lowest BCUT2D eigenvalue weighted by molar-refractivity contribution is -0.144. The third kappa shape index (κ3) is 6.09. The van der Waals surface area contributed by atoms with Gasteiger partial charge in [-0.1, -0.05) is 48.4 Å². The molecule has 9 nitrogen and oxygen atoms in total. The number of aryl methyl sites for hydroxylation is 1. The normalized spacial score (nSPS) is 15.2. The van der Waals surface area contributed by atoms with Crippen molar-refractivity contribution in [2.24, 2.45) is 0 Å². The van der Waals surface area contributed by atoms with Crippen LogP contribution in [-0.4, -0.2) is 50.7 Å². The summed E-state index contributed by atoms with van der Waals surface area (Å²) in [7, 11) is 0. The molecule has 0 saturated carbocycles. The Morgan fingerprint density at radius 1 is 1.07 bits per heavy atom. The number of piperidine rings is 1. The van der Waals surface area contributed by atoms with E-state index in [2.05, 4.69) is 10.3 Å². The Morgan fingerprint density at radius 3 is 2.60 bits per heavy atom. The number of amides is 1. The van der Waals surface area contributed by atoms with Crippen molar-refractivity contribution in [2.75, 3.05) is 11.9 Å². The Kier molecular flexibility index (Phi) is 8.47. The number of fused-ring (bicyclic) bond motifs is 1. The molecule has 1 atom stereocenters. The first kappa shape index (κ1) is 30.2. The van der Waals surface area contributed by atoms with Gasteiger partial charge in [0.1, 0.15) is 17.3 Å². The average Bonchev–Trinajstić information content (AvgIpc) is 3.47. The zero-order valence-electron chi connectivity index (χ0n) is 24.8. The molecule has 2 N–H and O–H groups in total. The van der Waals surface area contributed by atoms with E-state index < -0.39 is 17.9 Å². The van der Waals surface area contributed by atoms with Gasteiger partial charge in [-0.05, 0) is 85.8 Å². The predicted octanol–water partition coefficient (Wildman–Crippen LogP) is 7.33. The summed E-state index contributed by atoms with van der Waals surface area (Å²) in [5.41, 5.74) is 7.57. The fourth-order valence-electron chi connectivity index (χ4n) is 5.97. The Bertz CT molecular complexity index is 1940. The number of nitrogens with one attached hydrogen (secondary N) is 1. The van der Waals surface area contributed by atoms with Crippen molar-refractivity contribution in [2.45, 2.75) is 45.7 Å². The van der Waals surface area contributed by atoms with Gasteiger partial charge in [0.25, 0.3) is 5.91 Å². The molecule has 6 rings (SSSR count). The maximum atomic E-state index is 12.8. The van der Waals surface area contributed by atoms with E-state index in [1.54, 1.807) is 6.07 Å². The minimum atomic E-state index is -0.776. The second kappa shape index (κ2) is 12.6. The number of nitrogens with zero attached hydrogens (tertiary/aromatic N) is 3. The summed E-state index contributed by atoms with van der Waals surface area (Å²) in [6.07, 6.45) is 4.58. The zero-order valence-corrected chi connectivity index (χ0v) is 25.6. The van der Waals surface area contributed by atoms with Gasteiger partial charge in [0.2, 0.25) is 5.89 Å². The van der Waals surface area contributed by atoms with Gasteiger partial charge in [-0.3, -0.25) is 24.3 Å². The standard InChI is InChI=1S/C35H31ClN4O5/c1-20-15-23(18-40-14-4-3-11-30(40)35(43)44)16-29-32(20)45-34(39-29)25-8-5-7-24(21(25)2)26-9-6-10-27(31(26)36)38-33(42)28-13-12-22(19-41)17-37-28/h5-10,12-13,15-17,19,30H,3-4,11,14,18H2,1-2H3,(H,38,42)(H,43,44)/t30-/m0/s1. The molecule has 228 valence electrons. The van der Waals surface area contributed by atoms with E-state index in [0.29, 0.717) is 52.5 Å². The quantitative estimate of drug-likeness (QED) is 0.172. The van der Waals surface area contributed by atoms with Crippen LogP contribution in [0.2, 0.25) is 5.02 Å². The molecule has 45 heavy (non-hydrogen) atoms. The van der Waals surface area contributed by atoms with Gasteiger partial charge in [0.15, 0.2) is 11.9 Å². The number of carbonyl (C=O) groups is 3. The highest BCUT2D eigenvalue weighted by atomic mass is 35.5. The monoisotopic (exact) mass is 622 g/mol. The van der Waals surface area contributed by atoms with Crippen molar-refractivity contribution in [3.63, 3.8) is 0 Å². The van der Waals surface area contributed by atoms with Gasteiger partial charge in [-0.15, -0.1) is 0 Å². The average molecular weight is 623 g/mol. The number of anilines is 1. The number of rotatable bonds is 8. The Balaban J connectivity index is 1.29. The molecule has 0 bridgehead atoms. The Hall–Kier alpha value is -4.86. The maximum absolute atomic E-state index is 12.8. The summed E-state index contributed by atoms with van der Waals surface area (Å²) >= 11 is 6.84. The van der Waals surface area contributed by atoms with Crippen LogP contribution in [0.25, 0.3) is 33.7 Å². The number of likely N-dealkylation sites (tertiary alicyclic amines) is 1. The van der Waals surface area contributed by atoms with Crippen LogP contribution in [-0.2, 0) is 11.3 Å². The lowest BCUT2D eigenvalue weighted by atomic mass is 9.96. The lowest BCUT2D eigenvalue weighted by Gasteiger charge is -2.32. The van der Waals surface area contributed by atoms with Crippen LogP contribution in [0.4, 0.5) is 5.69 Å². The molecule has 1 amide bonds. The SMILES string of the molecule is Cc1c(-c2nc3cc(CN4CCCC[C@H]4C(=O)O)cc(C)c3o2)cccc1-c1cccc(NC(=O)c2ccc(C=O)cn2)c1Cl. The highest BCUT2D eigenvalue weighted by Gasteiger charge is 2.28. The van der Waals surface area contributed by atoms with Crippen LogP contribution >= 0.6 is 11.6 Å². The van der Waals surface area contributed by atoms with Crippen LogP contribution in [0.3, 0.4) is 0 Å². The first-order valence-corrected chi connectivity index (χ1v) is 15.1. The fraction of sp³-hybridized carbons (Fsp3) is 0.229. The molecule has 1 aliphatic rings. The molecule has 0 unspecified atom stereocenters. The fourth-order valence-corrected chi connectivity index (χ4v) is 6.24. The predicted molar refractivity (Wildman–Crippen MR) is 173 cm³/mol. The minimum Gasteiger partial charge on any atom is -0.480 e. The van der Waals surface area contributed by atoms with Crippen molar-refractivity contribution >= 4 is 46.6 Å². The van der Waals surface area contributed by atoms with Crippen molar-refractivity contribution in [1.82, 2.24) is 14.9 Å². The van der Waals surface area contributed by atoms with Crippen LogP contribution in [0.1, 0.15) is 56.8 Å². The second-order valence-corrected chi connectivity index (χ2v) is 11.7. The van der Waals surface area contributed by atoms with Gasteiger partial charge in [-0.25, -0.2) is 4.98 Å². The smallest absolute Gasteiger partial charge is 0.320 e. The number of carboxylic acids is 1. The van der Waals surface area contributed by atoms with E-state index >= 15 is 0 Å². The molecule has 2 aromatic heterocycles. The summed E-state index contributed by atoms with van der Waals surface area (Å²) in [6, 6.07) is 17.8. The number of hydrogen-bond acceptors (Lipinski definition) is 7. The molecule has 0 spiro atoms. The molecule has 0 radical (unpaired) electrons. The van der Waals surface area contributed by atoms with E-state index in [0.717, 1.165) is 52.8 Å². The van der Waals surface area contributed by atoms with Crippen molar-refractivity contribution < 1.29 is 23.9 Å². The van der Waals surface area contributed by atoms with Gasteiger partial charge in [-0.2, -0.15) is 0 Å². The molecule has 1 aliphatic heterocycles. The van der Waals surface area contributed by atoms with Gasteiger partial charge in [0.05, 0.1) is 10.7 Å². The molecule has 3 heterocycles. The Labute approximate surface area is 264 Å². The first-order valence-electron chi connectivity index (χ1n) is 14.7. The van der Waals surface area contributed by atoms with E-state index in [1.807, 2.05) is 61.2 Å². The first-order chi connectivity index (χ1) is 21.7. The number of carboxylic acid groups (broad SMARTS) is 1. The summed E-state index contributed by atoms with van der Waals surface area (Å²) in [5.74, 6) is -0.754. The molecule has 10 heteroatoms. The van der Waals surface area contributed by atoms with Crippen molar-refractivity contribution in [3.05, 3.63) is 99.8 Å². The maximum Gasteiger partial charge on any atom is 0.320 e. The second-order valence-electron chi connectivity index (χ2n) is 11.3.